The molecule has 3 unspecified atom stereocenters. The normalized spacial score (nSPS) is 28.6. The molecule has 102 valence electrons. The molecule has 1 aromatic rings. The molecule has 1 aromatic heterocycles. The van der Waals surface area contributed by atoms with Crippen molar-refractivity contribution in [2.24, 2.45) is 11.8 Å². The summed E-state index contributed by atoms with van der Waals surface area (Å²) in [5, 5.41) is 3.55. The van der Waals surface area contributed by atoms with E-state index in [4.69, 9.17) is 4.42 Å². The summed E-state index contributed by atoms with van der Waals surface area (Å²) in [6, 6.07) is 4.61. The minimum atomic E-state index is 0.555. The number of hydrogen-bond donors (Lipinski definition) is 1. The van der Waals surface area contributed by atoms with Crippen LogP contribution in [0.1, 0.15) is 26.5 Å². The van der Waals surface area contributed by atoms with Crippen LogP contribution < -0.4 is 5.32 Å². The van der Waals surface area contributed by atoms with Gasteiger partial charge < -0.3 is 9.73 Å². The third kappa shape index (κ3) is 3.85. The molecule has 0 aromatic carbocycles. The molecule has 1 aliphatic rings. The maximum atomic E-state index is 5.47. The third-order valence-electron chi connectivity index (χ3n) is 3.78. The second-order valence-electron chi connectivity index (χ2n) is 5.96. The van der Waals surface area contributed by atoms with Crippen molar-refractivity contribution in [3.05, 3.63) is 24.2 Å². The molecule has 3 heteroatoms. The van der Waals surface area contributed by atoms with Gasteiger partial charge in [-0.25, -0.2) is 0 Å². The molecule has 2 heterocycles. The second kappa shape index (κ2) is 6.39. The summed E-state index contributed by atoms with van der Waals surface area (Å²) in [7, 11) is 0. The smallest absolute Gasteiger partial charge is 0.105 e. The Hall–Kier alpha value is -0.800. The van der Waals surface area contributed by atoms with Crippen molar-refractivity contribution >= 4 is 0 Å². The fourth-order valence-corrected chi connectivity index (χ4v) is 2.79. The lowest BCUT2D eigenvalue weighted by Gasteiger charge is -2.35. The molecule has 3 nitrogen and oxygen atoms in total. The van der Waals surface area contributed by atoms with Crippen molar-refractivity contribution < 1.29 is 4.42 Å². The molecule has 1 N–H and O–H groups in total. The van der Waals surface area contributed by atoms with Gasteiger partial charge in [-0.1, -0.05) is 13.8 Å². The average molecular weight is 250 g/mol. The van der Waals surface area contributed by atoms with Crippen LogP contribution in [0.25, 0.3) is 0 Å². The van der Waals surface area contributed by atoms with E-state index in [-0.39, 0.29) is 0 Å². The summed E-state index contributed by atoms with van der Waals surface area (Å²) in [5.41, 5.74) is 0. The zero-order valence-corrected chi connectivity index (χ0v) is 11.9. The van der Waals surface area contributed by atoms with Crippen LogP contribution in [0.15, 0.2) is 22.8 Å². The first-order valence-electron chi connectivity index (χ1n) is 7.12. The third-order valence-corrected chi connectivity index (χ3v) is 3.78. The first kappa shape index (κ1) is 13.6. The Kier molecular flexibility index (Phi) is 4.84. The maximum Gasteiger partial charge on any atom is 0.105 e. The van der Waals surface area contributed by atoms with Gasteiger partial charge in [-0.15, -0.1) is 0 Å². The van der Waals surface area contributed by atoms with Crippen molar-refractivity contribution in [1.29, 1.82) is 0 Å². The lowest BCUT2D eigenvalue weighted by molar-refractivity contribution is 0.137. The SMILES string of the molecule is CC1CNCC(C)CN(C(C)Cc2ccco2)C1. The summed E-state index contributed by atoms with van der Waals surface area (Å²) in [4.78, 5) is 2.62. The number of furan rings is 1. The predicted molar refractivity (Wildman–Crippen MR) is 74.6 cm³/mol. The van der Waals surface area contributed by atoms with Crippen LogP contribution in [0.5, 0.6) is 0 Å². The second-order valence-corrected chi connectivity index (χ2v) is 5.96. The molecule has 0 spiro atoms. The van der Waals surface area contributed by atoms with Crippen molar-refractivity contribution in [3.63, 3.8) is 0 Å². The van der Waals surface area contributed by atoms with E-state index in [1.807, 2.05) is 6.07 Å². The van der Waals surface area contributed by atoms with E-state index in [0.717, 1.165) is 37.1 Å². The lowest BCUT2D eigenvalue weighted by atomic mass is 10.0. The summed E-state index contributed by atoms with van der Waals surface area (Å²) in [6.45, 7) is 11.6. The summed E-state index contributed by atoms with van der Waals surface area (Å²) >= 11 is 0. The van der Waals surface area contributed by atoms with Crippen molar-refractivity contribution in [1.82, 2.24) is 10.2 Å². The van der Waals surface area contributed by atoms with Gasteiger partial charge in [0.15, 0.2) is 0 Å². The van der Waals surface area contributed by atoms with Gasteiger partial charge in [0.25, 0.3) is 0 Å². The van der Waals surface area contributed by atoms with Crippen molar-refractivity contribution in [3.8, 4) is 0 Å². The highest BCUT2D eigenvalue weighted by Crippen LogP contribution is 2.15. The number of rotatable bonds is 3. The highest BCUT2D eigenvalue weighted by Gasteiger charge is 2.22. The van der Waals surface area contributed by atoms with Gasteiger partial charge >= 0.3 is 0 Å². The number of nitrogens with zero attached hydrogens (tertiary/aromatic N) is 1. The van der Waals surface area contributed by atoms with E-state index in [0.29, 0.717) is 6.04 Å². The maximum absolute atomic E-state index is 5.47. The van der Waals surface area contributed by atoms with Gasteiger partial charge in [-0.05, 0) is 44.0 Å². The topological polar surface area (TPSA) is 28.4 Å². The highest BCUT2D eigenvalue weighted by molar-refractivity contribution is 5.00. The van der Waals surface area contributed by atoms with Crippen LogP contribution in [-0.4, -0.2) is 37.1 Å². The zero-order chi connectivity index (χ0) is 13.0. The van der Waals surface area contributed by atoms with Crippen LogP contribution in [0, 0.1) is 11.8 Å². The van der Waals surface area contributed by atoms with E-state index < -0.39 is 0 Å². The fourth-order valence-electron chi connectivity index (χ4n) is 2.79. The fraction of sp³-hybridized carbons (Fsp3) is 0.733. The minimum Gasteiger partial charge on any atom is -0.469 e. The van der Waals surface area contributed by atoms with E-state index >= 15 is 0 Å². The molecule has 1 saturated heterocycles. The average Bonchev–Trinajstić information content (AvgIpc) is 2.78. The van der Waals surface area contributed by atoms with Gasteiger partial charge in [0, 0.05) is 25.6 Å². The molecule has 2 rings (SSSR count). The monoisotopic (exact) mass is 250 g/mol. The molecule has 0 radical (unpaired) electrons. The first-order valence-corrected chi connectivity index (χ1v) is 7.12. The first-order chi connectivity index (χ1) is 8.65. The quantitative estimate of drug-likeness (QED) is 0.893. The Balaban J connectivity index is 1.94. The molecule has 0 amide bonds. The molecule has 1 fully saturated rings. The lowest BCUT2D eigenvalue weighted by Crippen LogP contribution is -2.46. The van der Waals surface area contributed by atoms with Crippen LogP contribution in [-0.2, 0) is 6.42 Å². The molecule has 1 aliphatic heterocycles. The van der Waals surface area contributed by atoms with Gasteiger partial charge in [0.1, 0.15) is 5.76 Å². The van der Waals surface area contributed by atoms with Gasteiger partial charge in [-0.2, -0.15) is 0 Å². The van der Waals surface area contributed by atoms with Crippen molar-refractivity contribution in [2.75, 3.05) is 26.2 Å². The largest absolute Gasteiger partial charge is 0.469 e. The molecule has 0 aliphatic carbocycles. The highest BCUT2D eigenvalue weighted by atomic mass is 16.3. The Bertz CT molecular complexity index is 324. The van der Waals surface area contributed by atoms with Crippen LogP contribution >= 0.6 is 0 Å². The molecule has 0 saturated carbocycles. The van der Waals surface area contributed by atoms with Gasteiger partial charge in [-0.3, -0.25) is 4.90 Å². The summed E-state index contributed by atoms with van der Waals surface area (Å²) < 4.78 is 5.47. The van der Waals surface area contributed by atoms with E-state index in [1.165, 1.54) is 13.1 Å². The zero-order valence-electron chi connectivity index (χ0n) is 11.9. The van der Waals surface area contributed by atoms with E-state index in [1.54, 1.807) is 6.26 Å². The molecular formula is C15H26N2O. The molecule has 3 atom stereocenters. The Labute approximate surface area is 111 Å². The Morgan fingerprint density at radius 2 is 2.00 bits per heavy atom. The van der Waals surface area contributed by atoms with Gasteiger partial charge in [0.05, 0.1) is 6.26 Å². The Morgan fingerprint density at radius 1 is 1.33 bits per heavy atom. The van der Waals surface area contributed by atoms with Crippen LogP contribution in [0.4, 0.5) is 0 Å². The van der Waals surface area contributed by atoms with Crippen molar-refractivity contribution in [2.45, 2.75) is 33.2 Å². The molecule has 18 heavy (non-hydrogen) atoms. The van der Waals surface area contributed by atoms with E-state index in [9.17, 15) is 0 Å². The van der Waals surface area contributed by atoms with Crippen LogP contribution in [0.2, 0.25) is 0 Å². The molecule has 0 bridgehead atoms. The van der Waals surface area contributed by atoms with E-state index in [2.05, 4.69) is 37.1 Å². The standard InChI is InChI=1S/C15H26N2O/c1-12-8-16-9-13(2)11-17(10-12)14(3)7-15-5-4-6-18-15/h4-6,12-14,16H,7-11H2,1-3H3. The summed E-state index contributed by atoms with van der Waals surface area (Å²) in [6.07, 6.45) is 2.78. The number of hydrogen-bond acceptors (Lipinski definition) is 3. The Morgan fingerprint density at radius 3 is 2.56 bits per heavy atom. The summed E-state index contributed by atoms with van der Waals surface area (Å²) in [5.74, 6) is 2.54. The predicted octanol–water partition coefficient (Wildman–Crippen LogP) is 2.39. The minimum absolute atomic E-state index is 0.555. The van der Waals surface area contributed by atoms with Gasteiger partial charge in [0.2, 0.25) is 0 Å². The number of nitrogens with one attached hydrogen (secondary N) is 1. The van der Waals surface area contributed by atoms with Crippen LogP contribution in [0.3, 0.4) is 0 Å². The molecular weight excluding hydrogens is 224 g/mol.